The number of para-hydroxylation sites is 1. The van der Waals surface area contributed by atoms with Crippen LogP contribution in [0.3, 0.4) is 0 Å². The molecule has 3 N–H and O–H groups in total. The van der Waals surface area contributed by atoms with E-state index in [1.54, 1.807) is 38.7 Å². The van der Waals surface area contributed by atoms with Crippen LogP contribution in [-0.2, 0) is 4.79 Å². The van der Waals surface area contributed by atoms with Gasteiger partial charge >= 0.3 is 0 Å². The van der Waals surface area contributed by atoms with E-state index in [1.807, 2.05) is 60.9 Å². The lowest BCUT2D eigenvalue weighted by Crippen LogP contribution is -2.29. The van der Waals surface area contributed by atoms with Crippen molar-refractivity contribution in [1.29, 1.82) is 0 Å². The fourth-order valence-electron chi connectivity index (χ4n) is 4.25. The highest BCUT2D eigenvalue weighted by atomic mass is 16.5. The normalized spacial score (nSPS) is 10.8. The molecule has 0 aliphatic rings. The number of nitrogens with one attached hydrogen (secondary N) is 3. The number of methoxy groups -OCH3 is 1. The van der Waals surface area contributed by atoms with Crippen LogP contribution in [0.5, 0.6) is 5.75 Å². The van der Waals surface area contributed by atoms with Crippen molar-refractivity contribution in [3.05, 3.63) is 73.1 Å². The number of hydrogen-bond donors (Lipinski definition) is 3. The maximum atomic E-state index is 12.5. The molecule has 0 unspecified atom stereocenters. The molecule has 2 aromatic carbocycles. The maximum absolute atomic E-state index is 12.5. The van der Waals surface area contributed by atoms with E-state index >= 15 is 0 Å². The quantitative estimate of drug-likeness (QED) is 0.246. The Bertz CT molecular complexity index is 1550. The van der Waals surface area contributed by atoms with E-state index in [0.717, 1.165) is 29.7 Å². The molecule has 0 bridgehead atoms. The monoisotopic (exact) mass is 542 g/mol. The van der Waals surface area contributed by atoms with Crippen LogP contribution in [0.15, 0.2) is 67.5 Å². The first-order valence-electron chi connectivity index (χ1n) is 12.7. The molecule has 4 aromatic rings. The molecule has 11 heteroatoms. The lowest BCUT2D eigenvalue weighted by atomic mass is 10.2. The first-order chi connectivity index (χ1) is 19.2. The Labute approximate surface area is 233 Å². The van der Waals surface area contributed by atoms with E-state index in [2.05, 4.69) is 32.4 Å². The van der Waals surface area contributed by atoms with Gasteiger partial charge in [-0.3, -0.25) is 9.59 Å². The standard InChI is InChI=1S/C29H34N8O3/c1-7-27(38)32-21-16-22(25(40-6)17-24(21)36(5)15-14-35(3)4)33-29-31-13-12-26(34-29)37-18-20(28(39)30-2)19-10-8-9-11-23(19)37/h7-13,16-18H,1,14-15H2,2-6H3,(H,30,39)(H,32,38)(H,31,33,34). The van der Waals surface area contributed by atoms with Gasteiger partial charge in [-0.1, -0.05) is 24.8 Å². The molecule has 0 atom stereocenters. The lowest BCUT2D eigenvalue weighted by molar-refractivity contribution is -0.111. The molecule has 2 aromatic heterocycles. The number of rotatable bonds is 11. The number of fused-ring (bicyclic) bond motifs is 1. The number of nitrogens with zero attached hydrogens (tertiary/aromatic N) is 5. The summed E-state index contributed by atoms with van der Waals surface area (Å²) in [7, 11) is 9.15. The van der Waals surface area contributed by atoms with Gasteiger partial charge in [-0.15, -0.1) is 0 Å². The first-order valence-corrected chi connectivity index (χ1v) is 12.7. The lowest BCUT2D eigenvalue weighted by Gasteiger charge is -2.26. The van der Waals surface area contributed by atoms with Gasteiger partial charge in [0.1, 0.15) is 11.6 Å². The molecule has 0 fully saturated rings. The second-order valence-electron chi connectivity index (χ2n) is 9.36. The molecular weight excluding hydrogens is 508 g/mol. The van der Waals surface area contributed by atoms with Crippen LogP contribution in [0.2, 0.25) is 0 Å². The average Bonchev–Trinajstić information content (AvgIpc) is 3.35. The van der Waals surface area contributed by atoms with Gasteiger partial charge < -0.3 is 35.1 Å². The summed E-state index contributed by atoms with van der Waals surface area (Å²) in [5, 5.41) is 9.62. The Morgan fingerprint density at radius 3 is 2.58 bits per heavy atom. The van der Waals surface area contributed by atoms with Crippen molar-refractivity contribution in [1.82, 2.24) is 24.8 Å². The second kappa shape index (κ2) is 12.3. The molecule has 0 saturated carbocycles. The highest BCUT2D eigenvalue weighted by Gasteiger charge is 2.18. The van der Waals surface area contributed by atoms with Crippen molar-refractivity contribution in [3.63, 3.8) is 0 Å². The Hall–Kier alpha value is -4.90. The summed E-state index contributed by atoms with van der Waals surface area (Å²) in [4.78, 5) is 38.0. The minimum Gasteiger partial charge on any atom is -0.494 e. The maximum Gasteiger partial charge on any atom is 0.253 e. The summed E-state index contributed by atoms with van der Waals surface area (Å²) >= 11 is 0. The minimum absolute atomic E-state index is 0.183. The van der Waals surface area contributed by atoms with E-state index in [1.165, 1.54) is 6.08 Å². The second-order valence-corrected chi connectivity index (χ2v) is 9.36. The van der Waals surface area contributed by atoms with Gasteiger partial charge in [0.05, 0.1) is 35.3 Å². The van der Waals surface area contributed by atoms with Crippen LogP contribution in [0.4, 0.5) is 23.0 Å². The number of amides is 2. The van der Waals surface area contributed by atoms with Crippen molar-refractivity contribution < 1.29 is 14.3 Å². The zero-order valence-electron chi connectivity index (χ0n) is 23.4. The third-order valence-electron chi connectivity index (χ3n) is 6.37. The molecule has 2 amide bonds. The van der Waals surface area contributed by atoms with E-state index in [-0.39, 0.29) is 11.8 Å². The molecule has 2 heterocycles. The van der Waals surface area contributed by atoms with Gasteiger partial charge in [0.2, 0.25) is 11.9 Å². The van der Waals surface area contributed by atoms with E-state index in [9.17, 15) is 9.59 Å². The molecule has 0 radical (unpaired) electrons. The van der Waals surface area contributed by atoms with Crippen LogP contribution < -0.4 is 25.6 Å². The van der Waals surface area contributed by atoms with Crippen molar-refractivity contribution in [3.8, 4) is 11.6 Å². The summed E-state index contributed by atoms with van der Waals surface area (Å²) in [6, 6.07) is 13.0. The zero-order valence-corrected chi connectivity index (χ0v) is 23.4. The number of benzene rings is 2. The smallest absolute Gasteiger partial charge is 0.253 e. The first kappa shape index (κ1) is 28.1. The predicted molar refractivity (Wildman–Crippen MR) is 159 cm³/mol. The van der Waals surface area contributed by atoms with Crippen LogP contribution in [-0.4, -0.2) is 79.6 Å². The molecule has 11 nitrogen and oxygen atoms in total. The number of carbonyl (C=O) groups is 2. The number of aromatic nitrogens is 3. The van der Waals surface area contributed by atoms with Crippen molar-refractivity contribution in [2.75, 3.05) is 63.9 Å². The Morgan fingerprint density at radius 2 is 1.88 bits per heavy atom. The number of anilines is 4. The summed E-state index contributed by atoms with van der Waals surface area (Å²) in [5.74, 6) is 0.915. The van der Waals surface area contributed by atoms with Gasteiger partial charge in [-0.25, -0.2) is 4.98 Å². The topological polar surface area (TPSA) is 117 Å². The summed E-state index contributed by atoms with van der Waals surface area (Å²) in [6.07, 6.45) is 4.62. The van der Waals surface area contributed by atoms with Gasteiger partial charge in [0.15, 0.2) is 0 Å². The molecule has 0 spiro atoms. The van der Waals surface area contributed by atoms with E-state index < -0.39 is 0 Å². The molecule has 0 aliphatic heterocycles. The van der Waals surface area contributed by atoms with E-state index in [0.29, 0.717) is 34.5 Å². The van der Waals surface area contributed by atoms with Gasteiger partial charge in [0.25, 0.3) is 5.91 Å². The third kappa shape index (κ3) is 6.05. The Morgan fingerprint density at radius 1 is 1.10 bits per heavy atom. The highest BCUT2D eigenvalue weighted by Crippen LogP contribution is 2.38. The van der Waals surface area contributed by atoms with Gasteiger partial charge in [0, 0.05) is 51.0 Å². The fraction of sp³-hybridized carbons (Fsp3) is 0.241. The SMILES string of the molecule is C=CC(=O)Nc1cc(Nc2nccc(-n3cc(C(=O)NC)c4ccccc43)n2)c(OC)cc1N(C)CCN(C)C. The Balaban J connectivity index is 1.73. The largest absolute Gasteiger partial charge is 0.494 e. The van der Waals surface area contributed by atoms with Crippen LogP contribution >= 0.6 is 0 Å². The summed E-state index contributed by atoms with van der Waals surface area (Å²) in [6.45, 7) is 5.13. The molecule has 4 rings (SSSR count). The molecule has 40 heavy (non-hydrogen) atoms. The zero-order chi connectivity index (χ0) is 28.8. The van der Waals surface area contributed by atoms with Crippen LogP contribution in [0.25, 0.3) is 16.7 Å². The molecular formula is C29H34N8O3. The van der Waals surface area contributed by atoms with Crippen molar-refractivity contribution in [2.24, 2.45) is 0 Å². The number of likely N-dealkylation sites (N-methyl/N-ethyl adjacent to an activating group) is 2. The van der Waals surface area contributed by atoms with Crippen molar-refractivity contribution >= 4 is 45.7 Å². The van der Waals surface area contributed by atoms with Crippen LogP contribution in [0, 0.1) is 0 Å². The molecule has 0 saturated heterocycles. The fourth-order valence-corrected chi connectivity index (χ4v) is 4.25. The van der Waals surface area contributed by atoms with Gasteiger partial charge in [-0.2, -0.15) is 4.98 Å². The molecule has 208 valence electrons. The average molecular weight is 543 g/mol. The van der Waals surface area contributed by atoms with Crippen LogP contribution in [0.1, 0.15) is 10.4 Å². The van der Waals surface area contributed by atoms with E-state index in [4.69, 9.17) is 9.72 Å². The Kier molecular flexibility index (Phi) is 8.65. The number of hydrogen-bond acceptors (Lipinski definition) is 8. The highest BCUT2D eigenvalue weighted by molar-refractivity contribution is 6.07. The summed E-state index contributed by atoms with van der Waals surface area (Å²) in [5.41, 5.74) is 3.31. The minimum atomic E-state index is -0.331. The van der Waals surface area contributed by atoms with Crippen molar-refractivity contribution in [2.45, 2.75) is 0 Å². The number of ether oxygens (including phenoxy) is 1. The summed E-state index contributed by atoms with van der Waals surface area (Å²) < 4.78 is 7.55. The predicted octanol–water partition coefficient (Wildman–Crippen LogP) is 3.65. The molecule has 0 aliphatic carbocycles. The van der Waals surface area contributed by atoms with Gasteiger partial charge in [-0.05, 0) is 38.4 Å². The number of carbonyl (C=O) groups excluding carboxylic acids is 2. The third-order valence-corrected chi connectivity index (χ3v) is 6.37.